The van der Waals surface area contributed by atoms with Crippen molar-refractivity contribution in [3.05, 3.63) is 33.9 Å². The molecule has 1 aromatic carbocycles. The van der Waals surface area contributed by atoms with Crippen LogP contribution in [0.5, 0.6) is 0 Å². The number of carbonyl (C=O) groups excluding carboxylic acids is 2. The average molecular weight is 302 g/mol. The Hall–Kier alpha value is -1.84. The Morgan fingerprint density at radius 1 is 0.909 bits per heavy atom. The van der Waals surface area contributed by atoms with Gasteiger partial charge >= 0.3 is 0 Å². The number of amides is 2. The molecule has 0 bridgehead atoms. The standard InChI is InChI=1S/C18H26N2O2/c1-12-10-13(2)15(4)17(14(12)3)11-18(22)20-8-6-19(7-9-20)16(5)21/h10H,6-9,11H2,1-5H3. The van der Waals surface area contributed by atoms with Crippen LogP contribution in [0.2, 0.25) is 0 Å². The fraction of sp³-hybridized carbons (Fsp3) is 0.556. The van der Waals surface area contributed by atoms with Crippen molar-refractivity contribution >= 4 is 11.8 Å². The highest BCUT2D eigenvalue weighted by Crippen LogP contribution is 2.22. The van der Waals surface area contributed by atoms with E-state index in [-0.39, 0.29) is 11.8 Å². The van der Waals surface area contributed by atoms with Gasteiger partial charge in [0.2, 0.25) is 11.8 Å². The third-order valence-electron chi connectivity index (χ3n) is 4.93. The van der Waals surface area contributed by atoms with E-state index in [0.717, 1.165) is 5.56 Å². The summed E-state index contributed by atoms with van der Waals surface area (Å²) in [4.78, 5) is 27.6. The van der Waals surface area contributed by atoms with Crippen LogP contribution in [0.3, 0.4) is 0 Å². The molecule has 1 aliphatic heterocycles. The Balaban J connectivity index is 2.09. The average Bonchev–Trinajstić information content (AvgIpc) is 2.49. The van der Waals surface area contributed by atoms with Crippen LogP contribution in [-0.4, -0.2) is 47.8 Å². The van der Waals surface area contributed by atoms with Gasteiger partial charge in [0.05, 0.1) is 6.42 Å². The normalized spacial score (nSPS) is 15.1. The molecule has 1 fully saturated rings. The maximum Gasteiger partial charge on any atom is 0.227 e. The molecule has 0 atom stereocenters. The van der Waals surface area contributed by atoms with Crippen molar-refractivity contribution in [1.29, 1.82) is 0 Å². The van der Waals surface area contributed by atoms with Gasteiger partial charge in [-0.05, 0) is 55.5 Å². The summed E-state index contributed by atoms with van der Waals surface area (Å²) >= 11 is 0. The molecule has 120 valence electrons. The number of hydrogen-bond donors (Lipinski definition) is 0. The molecule has 1 heterocycles. The Kier molecular flexibility index (Phi) is 4.89. The van der Waals surface area contributed by atoms with E-state index >= 15 is 0 Å². The third kappa shape index (κ3) is 3.32. The molecule has 4 heteroatoms. The summed E-state index contributed by atoms with van der Waals surface area (Å²) in [5.74, 6) is 0.257. The molecule has 22 heavy (non-hydrogen) atoms. The molecule has 0 radical (unpaired) electrons. The molecule has 1 saturated heterocycles. The van der Waals surface area contributed by atoms with Crippen molar-refractivity contribution in [2.24, 2.45) is 0 Å². The van der Waals surface area contributed by atoms with Crippen LogP contribution in [-0.2, 0) is 16.0 Å². The highest BCUT2D eigenvalue weighted by molar-refractivity contribution is 5.80. The quantitative estimate of drug-likeness (QED) is 0.840. The molecule has 0 spiro atoms. The first kappa shape index (κ1) is 16.5. The van der Waals surface area contributed by atoms with Gasteiger partial charge in [0.15, 0.2) is 0 Å². The number of rotatable bonds is 2. The summed E-state index contributed by atoms with van der Waals surface area (Å²) in [7, 11) is 0. The van der Waals surface area contributed by atoms with Crippen LogP contribution >= 0.6 is 0 Å². The lowest BCUT2D eigenvalue weighted by molar-refractivity contribution is -0.138. The topological polar surface area (TPSA) is 40.6 Å². The van der Waals surface area contributed by atoms with E-state index in [4.69, 9.17) is 0 Å². The molecule has 0 saturated carbocycles. The number of piperazine rings is 1. The molecule has 0 aromatic heterocycles. The van der Waals surface area contributed by atoms with Crippen LogP contribution in [0.4, 0.5) is 0 Å². The minimum Gasteiger partial charge on any atom is -0.339 e. The lowest BCUT2D eigenvalue weighted by atomic mass is 9.92. The molecular weight excluding hydrogens is 276 g/mol. The predicted molar refractivity (Wildman–Crippen MR) is 87.9 cm³/mol. The second-order valence-corrected chi connectivity index (χ2v) is 6.30. The number of hydrogen-bond acceptors (Lipinski definition) is 2. The number of carbonyl (C=O) groups is 2. The fourth-order valence-corrected chi connectivity index (χ4v) is 3.10. The van der Waals surface area contributed by atoms with Crippen molar-refractivity contribution in [2.45, 2.75) is 41.0 Å². The molecule has 4 nitrogen and oxygen atoms in total. The van der Waals surface area contributed by atoms with Crippen molar-refractivity contribution in [1.82, 2.24) is 9.80 Å². The number of aryl methyl sites for hydroxylation is 2. The number of benzene rings is 1. The maximum atomic E-state index is 12.6. The van der Waals surface area contributed by atoms with Gasteiger partial charge in [-0.15, -0.1) is 0 Å². The predicted octanol–water partition coefficient (Wildman–Crippen LogP) is 2.15. The van der Waals surface area contributed by atoms with Crippen molar-refractivity contribution in [3.8, 4) is 0 Å². The zero-order valence-corrected chi connectivity index (χ0v) is 14.3. The van der Waals surface area contributed by atoms with Crippen LogP contribution in [0.25, 0.3) is 0 Å². The van der Waals surface area contributed by atoms with Gasteiger partial charge in [-0.25, -0.2) is 0 Å². The molecule has 1 aromatic rings. The smallest absolute Gasteiger partial charge is 0.227 e. The van der Waals surface area contributed by atoms with Gasteiger partial charge in [-0.2, -0.15) is 0 Å². The Morgan fingerprint density at radius 3 is 1.82 bits per heavy atom. The van der Waals surface area contributed by atoms with E-state index in [1.807, 2.05) is 4.90 Å². The molecule has 0 unspecified atom stereocenters. The van der Waals surface area contributed by atoms with E-state index in [1.165, 1.54) is 22.3 Å². The Morgan fingerprint density at radius 2 is 1.36 bits per heavy atom. The summed E-state index contributed by atoms with van der Waals surface area (Å²) in [5.41, 5.74) is 6.09. The van der Waals surface area contributed by atoms with Crippen LogP contribution in [0, 0.1) is 27.7 Å². The Labute approximate surface area is 133 Å². The summed E-state index contributed by atoms with van der Waals surface area (Å²) in [6, 6.07) is 2.18. The summed E-state index contributed by atoms with van der Waals surface area (Å²) in [6.45, 7) is 12.5. The van der Waals surface area contributed by atoms with Crippen molar-refractivity contribution < 1.29 is 9.59 Å². The summed E-state index contributed by atoms with van der Waals surface area (Å²) in [6.07, 6.45) is 0.459. The zero-order valence-electron chi connectivity index (χ0n) is 14.3. The van der Waals surface area contributed by atoms with Gasteiger partial charge in [0, 0.05) is 33.1 Å². The molecule has 1 aliphatic rings. The second-order valence-electron chi connectivity index (χ2n) is 6.30. The van der Waals surface area contributed by atoms with Gasteiger partial charge < -0.3 is 9.80 Å². The van der Waals surface area contributed by atoms with Crippen LogP contribution in [0.1, 0.15) is 34.7 Å². The SMILES string of the molecule is CC(=O)N1CCN(C(=O)Cc2c(C)c(C)cc(C)c2C)CC1. The molecule has 2 amide bonds. The fourth-order valence-electron chi connectivity index (χ4n) is 3.10. The van der Waals surface area contributed by atoms with Crippen LogP contribution in [0.15, 0.2) is 6.07 Å². The van der Waals surface area contributed by atoms with Crippen LogP contribution < -0.4 is 0 Å². The highest BCUT2D eigenvalue weighted by atomic mass is 16.2. The van der Waals surface area contributed by atoms with Gasteiger partial charge in [0.1, 0.15) is 0 Å². The third-order valence-corrected chi connectivity index (χ3v) is 4.93. The molecule has 2 rings (SSSR count). The first-order valence-electron chi connectivity index (χ1n) is 7.90. The number of nitrogens with zero attached hydrogens (tertiary/aromatic N) is 2. The van der Waals surface area contributed by atoms with Crippen molar-refractivity contribution in [2.75, 3.05) is 26.2 Å². The minimum atomic E-state index is 0.0908. The second kappa shape index (κ2) is 6.51. The van der Waals surface area contributed by atoms with E-state index in [2.05, 4.69) is 33.8 Å². The van der Waals surface area contributed by atoms with E-state index in [9.17, 15) is 9.59 Å². The van der Waals surface area contributed by atoms with E-state index < -0.39 is 0 Å². The molecular formula is C18H26N2O2. The lowest BCUT2D eigenvalue weighted by Gasteiger charge is -2.34. The highest BCUT2D eigenvalue weighted by Gasteiger charge is 2.23. The lowest BCUT2D eigenvalue weighted by Crippen LogP contribution is -2.50. The minimum absolute atomic E-state index is 0.0908. The van der Waals surface area contributed by atoms with E-state index in [0.29, 0.717) is 32.6 Å². The first-order valence-corrected chi connectivity index (χ1v) is 7.90. The maximum absolute atomic E-state index is 12.6. The van der Waals surface area contributed by atoms with Gasteiger partial charge in [-0.3, -0.25) is 9.59 Å². The first-order chi connectivity index (χ1) is 10.3. The van der Waals surface area contributed by atoms with E-state index in [1.54, 1.807) is 11.8 Å². The zero-order chi connectivity index (χ0) is 16.4. The Bertz CT molecular complexity index is 573. The molecule has 0 N–H and O–H groups in total. The van der Waals surface area contributed by atoms with Gasteiger partial charge in [0.25, 0.3) is 0 Å². The summed E-state index contributed by atoms with van der Waals surface area (Å²) in [5, 5.41) is 0. The van der Waals surface area contributed by atoms with Crippen molar-refractivity contribution in [3.63, 3.8) is 0 Å². The van der Waals surface area contributed by atoms with Gasteiger partial charge in [-0.1, -0.05) is 6.07 Å². The summed E-state index contributed by atoms with van der Waals surface area (Å²) < 4.78 is 0. The molecule has 0 aliphatic carbocycles. The monoisotopic (exact) mass is 302 g/mol. The largest absolute Gasteiger partial charge is 0.339 e.